The zero-order chi connectivity index (χ0) is 22.8. The Morgan fingerprint density at radius 2 is 1.79 bits per heavy atom. The summed E-state index contributed by atoms with van der Waals surface area (Å²) in [6, 6.07) is 15.0. The minimum atomic E-state index is -0.482. The molecule has 0 atom stereocenters. The lowest BCUT2D eigenvalue weighted by Gasteiger charge is -2.33. The van der Waals surface area contributed by atoms with Crippen LogP contribution in [0.25, 0.3) is 16.6 Å². The van der Waals surface area contributed by atoms with Crippen molar-refractivity contribution >= 4 is 22.6 Å². The number of Topliss-reactive ketones (excluding diaryl/α,β-unsaturated/α-hetero) is 1. The van der Waals surface area contributed by atoms with Crippen molar-refractivity contribution in [3.8, 4) is 11.4 Å². The third-order valence-electron chi connectivity index (χ3n) is 5.90. The van der Waals surface area contributed by atoms with Crippen LogP contribution in [0, 0.1) is 0 Å². The fourth-order valence-corrected chi connectivity index (χ4v) is 4.06. The zero-order valence-electron chi connectivity index (χ0n) is 18.1. The summed E-state index contributed by atoms with van der Waals surface area (Å²) in [5.74, 6) is 0.512. The second-order valence-corrected chi connectivity index (χ2v) is 7.85. The molecule has 4 aromatic rings. The number of fused-ring (bicyclic) bond motifs is 1. The SMILES string of the molecule is COc1ccc(-n2nnnc2CN2CCN(C(=O)C(=O)c3c[nH]c4ccccc34)CC2)cc1. The average molecular weight is 445 g/mol. The number of aromatic amines is 1. The van der Waals surface area contributed by atoms with Gasteiger partial charge >= 0.3 is 0 Å². The minimum absolute atomic E-state index is 0.414. The minimum Gasteiger partial charge on any atom is -0.497 e. The number of amides is 1. The molecule has 5 rings (SSSR count). The number of carbonyl (C=O) groups excluding carboxylic acids is 2. The third-order valence-corrected chi connectivity index (χ3v) is 5.90. The van der Waals surface area contributed by atoms with E-state index in [2.05, 4.69) is 25.4 Å². The van der Waals surface area contributed by atoms with E-state index in [0.29, 0.717) is 44.1 Å². The van der Waals surface area contributed by atoms with Crippen molar-refractivity contribution in [2.45, 2.75) is 6.54 Å². The second-order valence-electron chi connectivity index (χ2n) is 7.85. The highest BCUT2D eigenvalue weighted by atomic mass is 16.5. The number of benzene rings is 2. The monoisotopic (exact) mass is 445 g/mol. The maximum atomic E-state index is 12.9. The van der Waals surface area contributed by atoms with Gasteiger partial charge in [0.2, 0.25) is 0 Å². The van der Waals surface area contributed by atoms with Crippen molar-refractivity contribution < 1.29 is 14.3 Å². The van der Waals surface area contributed by atoms with Gasteiger partial charge in [0, 0.05) is 43.3 Å². The number of para-hydroxylation sites is 1. The summed E-state index contributed by atoms with van der Waals surface area (Å²) < 4.78 is 6.89. The number of nitrogens with one attached hydrogen (secondary N) is 1. The highest BCUT2D eigenvalue weighted by Gasteiger charge is 2.29. The molecule has 33 heavy (non-hydrogen) atoms. The van der Waals surface area contributed by atoms with E-state index in [-0.39, 0.29) is 0 Å². The van der Waals surface area contributed by atoms with E-state index in [0.717, 1.165) is 22.3 Å². The van der Waals surface area contributed by atoms with Crippen molar-refractivity contribution in [3.63, 3.8) is 0 Å². The lowest BCUT2D eigenvalue weighted by atomic mass is 10.1. The van der Waals surface area contributed by atoms with E-state index in [1.807, 2.05) is 48.5 Å². The van der Waals surface area contributed by atoms with E-state index in [4.69, 9.17) is 4.74 Å². The van der Waals surface area contributed by atoms with Crippen LogP contribution in [0.1, 0.15) is 16.2 Å². The Morgan fingerprint density at radius 1 is 1.03 bits per heavy atom. The Balaban J connectivity index is 1.22. The van der Waals surface area contributed by atoms with Gasteiger partial charge in [0.05, 0.1) is 24.9 Å². The molecule has 1 N–H and O–H groups in total. The fraction of sp³-hybridized carbons (Fsp3) is 0.261. The molecule has 0 aliphatic carbocycles. The van der Waals surface area contributed by atoms with Crippen molar-refractivity contribution in [3.05, 3.63) is 66.1 Å². The second kappa shape index (κ2) is 8.83. The molecule has 2 aromatic carbocycles. The van der Waals surface area contributed by atoms with Crippen molar-refractivity contribution in [2.24, 2.45) is 0 Å². The first kappa shape index (κ1) is 20.8. The van der Waals surface area contributed by atoms with Crippen molar-refractivity contribution in [1.29, 1.82) is 0 Å². The number of ether oxygens (including phenoxy) is 1. The van der Waals surface area contributed by atoms with Crippen LogP contribution in [0.4, 0.5) is 0 Å². The van der Waals surface area contributed by atoms with Crippen LogP contribution in [0.3, 0.4) is 0 Å². The van der Waals surface area contributed by atoms with Gasteiger partial charge in [-0.25, -0.2) is 0 Å². The van der Waals surface area contributed by atoms with Gasteiger partial charge in [-0.1, -0.05) is 18.2 Å². The number of carbonyl (C=O) groups is 2. The van der Waals surface area contributed by atoms with Crippen molar-refractivity contribution in [1.82, 2.24) is 35.0 Å². The molecule has 1 saturated heterocycles. The molecule has 10 heteroatoms. The van der Waals surface area contributed by atoms with Crippen LogP contribution in [0.15, 0.2) is 54.7 Å². The maximum absolute atomic E-state index is 12.9. The maximum Gasteiger partial charge on any atom is 0.295 e. The van der Waals surface area contributed by atoms with E-state index >= 15 is 0 Å². The summed E-state index contributed by atoms with van der Waals surface area (Å²) in [7, 11) is 1.62. The molecule has 0 bridgehead atoms. The van der Waals surface area contributed by atoms with Gasteiger partial charge in [-0.05, 0) is 40.8 Å². The lowest BCUT2D eigenvalue weighted by Crippen LogP contribution is -2.50. The first-order valence-corrected chi connectivity index (χ1v) is 10.7. The topological polar surface area (TPSA) is 109 Å². The average Bonchev–Trinajstić information content (AvgIpc) is 3.51. The number of tetrazole rings is 1. The quantitative estimate of drug-likeness (QED) is 0.355. The van der Waals surface area contributed by atoms with Gasteiger partial charge < -0.3 is 14.6 Å². The molecular formula is C23H23N7O3. The number of H-pyrrole nitrogens is 1. The molecule has 3 heterocycles. The normalized spacial score (nSPS) is 14.5. The molecule has 0 unspecified atom stereocenters. The Hall–Kier alpha value is -4.05. The molecule has 1 aliphatic rings. The zero-order valence-corrected chi connectivity index (χ0v) is 18.1. The Labute approximate surface area is 189 Å². The van der Waals surface area contributed by atoms with Gasteiger partial charge in [-0.3, -0.25) is 14.5 Å². The van der Waals surface area contributed by atoms with Crippen LogP contribution in [-0.4, -0.2) is 80.0 Å². The third kappa shape index (κ3) is 4.08. The number of nitrogens with zero attached hydrogens (tertiary/aromatic N) is 6. The van der Waals surface area contributed by atoms with Gasteiger partial charge in [0.1, 0.15) is 5.75 Å². The van der Waals surface area contributed by atoms with Crippen molar-refractivity contribution in [2.75, 3.05) is 33.3 Å². The Morgan fingerprint density at radius 3 is 2.55 bits per heavy atom. The number of methoxy groups -OCH3 is 1. The number of piperazine rings is 1. The largest absolute Gasteiger partial charge is 0.497 e. The van der Waals surface area contributed by atoms with Crippen LogP contribution < -0.4 is 4.74 Å². The molecule has 0 radical (unpaired) electrons. The first-order chi connectivity index (χ1) is 16.1. The standard InChI is InChI=1S/C23H23N7O3/c1-33-17-8-6-16(7-9-17)30-21(25-26-27-30)15-28-10-12-29(13-11-28)23(32)22(31)19-14-24-20-5-3-2-4-18(19)20/h2-9,14,24H,10-13,15H2,1H3. The Kier molecular flexibility index (Phi) is 5.57. The molecule has 1 fully saturated rings. The van der Waals surface area contributed by atoms with Crippen LogP contribution in [0.5, 0.6) is 5.75 Å². The smallest absolute Gasteiger partial charge is 0.295 e. The predicted molar refractivity (Wildman–Crippen MR) is 120 cm³/mol. The van der Waals surface area contributed by atoms with E-state index < -0.39 is 11.7 Å². The highest BCUT2D eigenvalue weighted by Crippen LogP contribution is 2.20. The number of hydrogen-bond acceptors (Lipinski definition) is 7. The molecule has 168 valence electrons. The number of ketones is 1. The summed E-state index contributed by atoms with van der Waals surface area (Å²) in [4.78, 5) is 32.5. The lowest BCUT2D eigenvalue weighted by molar-refractivity contribution is -0.128. The van der Waals surface area contributed by atoms with E-state index in [9.17, 15) is 9.59 Å². The summed E-state index contributed by atoms with van der Waals surface area (Å²) in [5.41, 5.74) is 2.10. The molecule has 10 nitrogen and oxygen atoms in total. The van der Waals surface area contributed by atoms with Crippen LogP contribution >= 0.6 is 0 Å². The van der Waals surface area contributed by atoms with Crippen LogP contribution in [-0.2, 0) is 11.3 Å². The first-order valence-electron chi connectivity index (χ1n) is 10.7. The summed E-state index contributed by atoms with van der Waals surface area (Å²) in [5, 5.41) is 12.9. The van der Waals surface area contributed by atoms with Gasteiger partial charge in [0.25, 0.3) is 11.7 Å². The fourth-order valence-electron chi connectivity index (χ4n) is 4.06. The number of rotatable bonds is 6. The molecule has 2 aromatic heterocycles. The molecule has 0 spiro atoms. The predicted octanol–water partition coefficient (Wildman–Crippen LogP) is 1.68. The van der Waals surface area contributed by atoms with E-state index in [1.54, 1.807) is 22.9 Å². The molecule has 1 amide bonds. The molecule has 1 aliphatic heterocycles. The van der Waals surface area contributed by atoms with E-state index in [1.165, 1.54) is 0 Å². The van der Waals surface area contributed by atoms with Gasteiger partial charge in [-0.2, -0.15) is 4.68 Å². The van der Waals surface area contributed by atoms with Gasteiger partial charge in [-0.15, -0.1) is 5.10 Å². The highest BCUT2D eigenvalue weighted by molar-refractivity contribution is 6.44. The summed E-state index contributed by atoms with van der Waals surface area (Å²) in [6.07, 6.45) is 1.61. The molecule has 0 saturated carbocycles. The summed E-state index contributed by atoms with van der Waals surface area (Å²) in [6.45, 7) is 2.73. The van der Waals surface area contributed by atoms with Gasteiger partial charge in [0.15, 0.2) is 5.82 Å². The number of aromatic nitrogens is 5. The van der Waals surface area contributed by atoms with Crippen LogP contribution in [0.2, 0.25) is 0 Å². The Bertz CT molecular complexity index is 1290. The summed E-state index contributed by atoms with van der Waals surface area (Å²) >= 11 is 0. The number of hydrogen-bond donors (Lipinski definition) is 1. The molecular weight excluding hydrogens is 422 g/mol.